The van der Waals surface area contributed by atoms with Crippen molar-refractivity contribution in [1.29, 1.82) is 0 Å². The second-order valence-electron chi connectivity index (χ2n) is 8.88. The summed E-state index contributed by atoms with van der Waals surface area (Å²) in [6.45, 7) is 7.63. The molecule has 0 spiro atoms. The van der Waals surface area contributed by atoms with Crippen molar-refractivity contribution >= 4 is 5.97 Å². The molecule has 0 saturated heterocycles. The van der Waals surface area contributed by atoms with E-state index in [1.165, 1.54) is 43.8 Å². The molecule has 3 aromatic rings. The van der Waals surface area contributed by atoms with Crippen LogP contribution in [0.25, 0.3) is 11.3 Å². The van der Waals surface area contributed by atoms with E-state index in [-0.39, 0.29) is 11.4 Å². The van der Waals surface area contributed by atoms with E-state index < -0.39 is 11.8 Å². The van der Waals surface area contributed by atoms with Gasteiger partial charge in [0.15, 0.2) is 0 Å². The lowest BCUT2D eigenvalue weighted by Crippen LogP contribution is -2.12. The lowest BCUT2D eigenvalue weighted by molar-refractivity contribution is 0.0722. The highest BCUT2D eigenvalue weighted by molar-refractivity contribution is 5.91. The summed E-state index contributed by atoms with van der Waals surface area (Å²) in [5.74, 6) is 0.120. The number of rotatable bonds is 14. The standard InChI is InChI=1S/C29H35FN2O4/c1-4-6-7-8-9-16-34-24-14-15-25(26(30)17-24)29(33)36-28-19-31-27(18-32-28)22-10-12-23(13-11-22)35-20-21(3)5-2/h10-15,17-19,21H,4-9,16,20H2,1-3H3. The number of esters is 1. The lowest BCUT2D eigenvalue weighted by Gasteiger charge is -2.11. The van der Waals surface area contributed by atoms with Gasteiger partial charge in [0.25, 0.3) is 0 Å². The summed E-state index contributed by atoms with van der Waals surface area (Å²) in [6.07, 6.45) is 9.47. The van der Waals surface area contributed by atoms with Gasteiger partial charge in [0.2, 0.25) is 5.88 Å². The molecule has 0 saturated carbocycles. The fourth-order valence-corrected chi connectivity index (χ4v) is 3.39. The first-order valence-corrected chi connectivity index (χ1v) is 12.7. The van der Waals surface area contributed by atoms with Crippen LogP contribution < -0.4 is 14.2 Å². The maximum absolute atomic E-state index is 14.5. The van der Waals surface area contributed by atoms with Gasteiger partial charge >= 0.3 is 5.97 Å². The van der Waals surface area contributed by atoms with Crippen molar-refractivity contribution < 1.29 is 23.4 Å². The number of ether oxygens (including phenoxy) is 3. The van der Waals surface area contributed by atoms with Crippen molar-refractivity contribution in [1.82, 2.24) is 9.97 Å². The highest BCUT2D eigenvalue weighted by atomic mass is 19.1. The minimum absolute atomic E-state index is 0.0101. The van der Waals surface area contributed by atoms with E-state index in [0.717, 1.165) is 30.6 Å². The molecule has 3 rings (SSSR count). The summed E-state index contributed by atoms with van der Waals surface area (Å²) in [5, 5.41) is 0. The second-order valence-corrected chi connectivity index (χ2v) is 8.88. The predicted octanol–water partition coefficient (Wildman–Crippen LogP) is 7.28. The fraction of sp³-hybridized carbons (Fsp3) is 0.414. The maximum atomic E-state index is 14.5. The molecule has 0 fully saturated rings. The van der Waals surface area contributed by atoms with Gasteiger partial charge in [-0.3, -0.25) is 0 Å². The minimum atomic E-state index is -0.844. The molecule has 6 nitrogen and oxygen atoms in total. The molecule has 36 heavy (non-hydrogen) atoms. The Bertz CT molecular complexity index is 1090. The van der Waals surface area contributed by atoms with Gasteiger partial charge in [0.1, 0.15) is 17.3 Å². The molecule has 192 valence electrons. The Morgan fingerprint density at radius 1 is 0.917 bits per heavy atom. The van der Waals surface area contributed by atoms with Crippen LogP contribution in [0.4, 0.5) is 4.39 Å². The normalized spacial score (nSPS) is 11.7. The smallest absolute Gasteiger partial charge is 0.347 e. The van der Waals surface area contributed by atoms with Crippen LogP contribution in [0.15, 0.2) is 54.9 Å². The van der Waals surface area contributed by atoms with Gasteiger partial charge in [-0.05, 0) is 48.7 Å². The average molecular weight is 495 g/mol. The Hall–Kier alpha value is -3.48. The lowest BCUT2D eigenvalue weighted by atomic mass is 10.1. The van der Waals surface area contributed by atoms with E-state index >= 15 is 0 Å². The number of aromatic nitrogens is 2. The van der Waals surface area contributed by atoms with Crippen molar-refractivity contribution in [2.45, 2.75) is 59.3 Å². The Morgan fingerprint density at radius 2 is 1.67 bits per heavy atom. The zero-order valence-corrected chi connectivity index (χ0v) is 21.3. The summed E-state index contributed by atoms with van der Waals surface area (Å²) in [4.78, 5) is 20.9. The highest BCUT2D eigenvalue weighted by Crippen LogP contribution is 2.23. The summed E-state index contributed by atoms with van der Waals surface area (Å²) in [6, 6.07) is 11.7. The van der Waals surface area contributed by atoms with E-state index in [1.54, 1.807) is 6.07 Å². The quantitative estimate of drug-likeness (QED) is 0.173. The van der Waals surface area contributed by atoms with Crippen LogP contribution in [-0.4, -0.2) is 29.2 Å². The van der Waals surface area contributed by atoms with Crippen molar-refractivity contribution in [2.75, 3.05) is 13.2 Å². The molecule has 0 aliphatic rings. The van der Waals surface area contributed by atoms with Crippen LogP contribution in [0.1, 0.15) is 69.7 Å². The molecule has 2 aromatic carbocycles. The SMILES string of the molecule is CCCCCCCOc1ccc(C(=O)Oc2cnc(-c3ccc(OCC(C)CC)cc3)cn2)c(F)c1. The largest absolute Gasteiger partial charge is 0.493 e. The Kier molecular flexibility index (Phi) is 10.7. The van der Waals surface area contributed by atoms with Crippen LogP contribution in [0.3, 0.4) is 0 Å². The van der Waals surface area contributed by atoms with E-state index in [0.29, 0.717) is 30.6 Å². The molecule has 1 unspecified atom stereocenters. The molecule has 1 atom stereocenters. The Morgan fingerprint density at radius 3 is 2.33 bits per heavy atom. The average Bonchev–Trinajstić information content (AvgIpc) is 2.90. The third-order valence-electron chi connectivity index (χ3n) is 5.88. The third kappa shape index (κ3) is 8.33. The van der Waals surface area contributed by atoms with Crippen LogP contribution >= 0.6 is 0 Å². The van der Waals surface area contributed by atoms with Crippen molar-refractivity contribution in [3.8, 4) is 28.6 Å². The van der Waals surface area contributed by atoms with Gasteiger partial charge in [-0.1, -0.05) is 52.9 Å². The van der Waals surface area contributed by atoms with Crippen molar-refractivity contribution in [3.05, 3.63) is 66.2 Å². The Balaban J connectivity index is 1.52. The van der Waals surface area contributed by atoms with E-state index in [4.69, 9.17) is 14.2 Å². The molecule has 0 aliphatic heterocycles. The van der Waals surface area contributed by atoms with E-state index in [9.17, 15) is 9.18 Å². The number of nitrogens with zero attached hydrogens (tertiary/aromatic N) is 2. The van der Waals surface area contributed by atoms with Gasteiger partial charge in [0, 0.05) is 11.6 Å². The van der Waals surface area contributed by atoms with Crippen molar-refractivity contribution in [2.24, 2.45) is 5.92 Å². The van der Waals surface area contributed by atoms with E-state index in [1.807, 2.05) is 24.3 Å². The molecule has 1 aromatic heterocycles. The van der Waals surface area contributed by atoms with Crippen molar-refractivity contribution in [3.63, 3.8) is 0 Å². The number of unbranched alkanes of at least 4 members (excludes halogenated alkanes) is 4. The van der Waals surface area contributed by atoms with Crippen LogP contribution in [-0.2, 0) is 0 Å². The highest BCUT2D eigenvalue weighted by Gasteiger charge is 2.16. The molecule has 1 heterocycles. The van der Waals surface area contributed by atoms with Gasteiger partial charge in [-0.2, -0.15) is 0 Å². The molecule has 0 bridgehead atoms. The van der Waals surface area contributed by atoms with Gasteiger partial charge in [-0.25, -0.2) is 19.2 Å². The molecule has 0 radical (unpaired) electrons. The van der Waals surface area contributed by atoms with Crippen LogP contribution in [0.2, 0.25) is 0 Å². The number of halogens is 1. The zero-order chi connectivity index (χ0) is 25.8. The van der Waals surface area contributed by atoms with Crippen LogP contribution in [0.5, 0.6) is 17.4 Å². The maximum Gasteiger partial charge on any atom is 0.347 e. The number of hydrogen-bond acceptors (Lipinski definition) is 6. The van der Waals surface area contributed by atoms with E-state index in [2.05, 4.69) is 30.7 Å². The number of benzene rings is 2. The molecular formula is C29H35FN2O4. The monoisotopic (exact) mass is 494 g/mol. The summed E-state index contributed by atoms with van der Waals surface area (Å²) < 4.78 is 31.1. The first-order chi connectivity index (χ1) is 17.5. The van der Waals surface area contributed by atoms with Gasteiger partial charge in [0.05, 0.1) is 36.9 Å². The van der Waals surface area contributed by atoms with Gasteiger partial charge < -0.3 is 14.2 Å². The first kappa shape index (κ1) is 27.1. The molecular weight excluding hydrogens is 459 g/mol. The number of carbonyl (C=O) groups is 1. The number of carbonyl (C=O) groups excluding carboxylic acids is 1. The number of hydrogen-bond donors (Lipinski definition) is 0. The minimum Gasteiger partial charge on any atom is -0.493 e. The summed E-state index contributed by atoms with van der Waals surface area (Å²) in [7, 11) is 0. The molecule has 0 amide bonds. The fourth-order valence-electron chi connectivity index (χ4n) is 3.39. The Labute approximate surface area is 212 Å². The van der Waals surface area contributed by atoms with Gasteiger partial charge in [-0.15, -0.1) is 0 Å². The van der Waals surface area contributed by atoms with Crippen LogP contribution in [0, 0.1) is 11.7 Å². The summed E-state index contributed by atoms with van der Waals surface area (Å²) >= 11 is 0. The molecule has 0 N–H and O–H groups in total. The second kappa shape index (κ2) is 14.2. The molecule has 0 aliphatic carbocycles. The first-order valence-electron chi connectivity index (χ1n) is 12.7. The summed E-state index contributed by atoms with van der Waals surface area (Å²) in [5.41, 5.74) is 1.28. The molecule has 7 heteroatoms. The predicted molar refractivity (Wildman–Crippen MR) is 138 cm³/mol. The third-order valence-corrected chi connectivity index (χ3v) is 5.88. The zero-order valence-electron chi connectivity index (χ0n) is 21.3. The topological polar surface area (TPSA) is 70.5 Å².